The minimum absolute atomic E-state index is 0.0679. The molecule has 2 fully saturated rings. The summed E-state index contributed by atoms with van der Waals surface area (Å²) in [6.45, 7) is 7.55. The van der Waals surface area contributed by atoms with Crippen molar-refractivity contribution in [2.75, 3.05) is 36.0 Å². The number of aliphatic hydroxyl groups is 1. The minimum Gasteiger partial charge on any atom is -0.396 e. The van der Waals surface area contributed by atoms with Crippen molar-refractivity contribution >= 4 is 40.9 Å². The Bertz CT molecular complexity index is 1450. The molecule has 3 amide bonds. The Morgan fingerprint density at radius 2 is 1.47 bits per heavy atom. The summed E-state index contributed by atoms with van der Waals surface area (Å²) in [5.74, 6) is -1.54. The standard InChI is InChI=1S/C35H41N3O4S/c1-24-14-11-15-25(2)29(24)37-22-13-19-35-28(32(41)38(30(35)33(37)42)20-9-4-5-10-23-39)27-31(40)36(26-16-7-6-8-17-26)21-12-18-34(27,3)43-35/h6-8,11-19,27-28,30,39H,4-5,9-10,20-23H2,1-3H3/t27-,28-,30?,34+,35-/m0/s1. The minimum atomic E-state index is -0.871. The lowest BCUT2D eigenvalue weighted by Crippen LogP contribution is -2.53. The van der Waals surface area contributed by atoms with Crippen LogP contribution in [-0.2, 0) is 14.4 Å². The zero-order chi connectivity index (χ0) is 30.4. The largest absolute Gasteiger partial charge is 0.396 e. The number of hydrogen-bond donors (Lipinski definition) is 1. The number of hydrogen-bond acceptors (Lipinski definition) is 5. The highest BCUT2D eigenvalue weighted by atomic mass is 32.2. The molecule has 2 saturated heterocycles. The molecule has 1 unspecified atom stereocenters. The zero-order valence-electron chi connectivity index (χ0n) is 25.2. The number of amides is 3. The van der Waals surface area contributed by atoms with E-state index < -0.39 is 27.4 Å². The average Bonchev–Trinajstić information content (AvgIpc) is 3.25. The van der Waals surface area contributed by atoms with Gasteiger partial charge in [-0.2, -0.15) is 0 Å². The molecule has 226 valence electrons. The van der Waals surface area contributed by atoms with Crippen LogP contribution in [0.1, 0.15) is 43.7 Å². The van der Waals surface area contributed by atoms with Crippen LogP contribution in [0.5, 0.6) is 0 Å². The number of aliphatic hydroxyl groups excluding tert-OH is 1. The van der Waals surface area contributed by atoms with E-state index in [2.05, 4.69) is 19.1 Å². The monoisotopic (exact) mass is 599 g/mol. The molecule has 0 aromatic heterocycles. The number of aryl methyl sites for hydroxylation is 2. The van der Waals surface area contributed by atoms with Crippen molar-refractivity contribution in [3.05, 3.63) is 84.0 Å². The van der Waals surface area contributed by atoms with E-state index in [1.54, 1.807) is 21.6 Å². The molecule has 1 spiro atoms. The molecule has 0 saturated carbocycles. The van der Waals surface area contributed by atoms with Crippen LogP contribution >= 0.6 is 11.8 Å². The van der Waals surface area contributed by atoms with Gasteiger partial charge in [-0.25, -0.2) is 0 Å². The number of nitrogens with zero attached hydrogens (tertiary/aromatic N) is 3. The number of rotatable bonds is 8. The van der Waals surface area contributed by atoms with Gasteiger partial charge in [0.15, 0.2) is 0 Å². The maximum atomic E-state index is 14.8. The fourth-order valence-electron chi connectivity index (χ4n) is 7.78. The SMILES string of the molecule is Cc1cccc(C)c1N1CC=C[C@]23S[C@]4(C)C=CCN(c5ccccc5)C(=O)[C@@H]4[C@H]2C(=O)N(CCCCCCO)C3C1=O. The van der Waals surface area contributed by atoms with Gasteiger partial charge in [0.25, 0.3) is 5.91 Å². The van der Waals surface area contributed by atoms with Gasteiger partial charge >= 0.3 is 0 Å². The van der Waals surface area contributed by atoms with Crippen molar-refractivity contribution in [1.82, 2.24) is 4.90 Å². The molecule has 7 nitrogen and oxygen atoms in total. The van der Waals surface area contributed by atoms with Gasteiger partial charge in [-0.15, -0.1) is 11.8 Å². The van der Waals surface area contributed by atoms with Gasteiger partial charge in [0.2, 0.25) is 11.8 Å². The van der Waals surface area contributed by atoms with Crippen LogP contribution in [0.3, 0.4) is 0 Å². The molecule has 43 heavy (non-hydrogen) atoms. The van der Waals surface area contributed by atoms with Gasteiger partial charge in [0.1, 0.15) is 6.04 Å². The summed E-state index contributed by atoms with van der Waals surface area (Å²) >= 11 is 1.63. The van der Waals surface area contributed by atoms with E-state index in [-0.39, 0.29) is 24.3 Å². The Kier molecular flexibility index (Phi) is 8.03. The van der Waals surface area contributed by atoms with Crippen molar-refractivity contribution in [2.24, 2.45) is 11.8 Å². The average molecular weight is 600 g/mol. The third-order valence-electron chi connectivity index (χ3n) is 9.64. The van der Waals surface area contributed by atoms with E-state index in [4.69, 9.17) is 0 Å². The highest BCUT2D eigenvalue weighted by molar-refractivity contribution is 8.02. The zero-order valence-corrected chi connectivity index (χ0v) is 26.1. The number of thioether (sulfide) groups is 1. The van der Waals surface area contributed by atoms with Crippen molar-refractivity contribution in [2.45, 2.75) is 62.0 Å². The lowest BCUT2D eigenvalue weighted by atomic mass is 9.74. The normalized spacial score (nSPS) is 29.9. The molecular formula is C35H41N3O4S. The molecule has 5 atom stereocenters. The summed E-state index contributed by atoms with van der Waals surface area (Å²) < 4.78 is -1.52. The molecular weight excluding hydrogens is 558 g/mol. The second kappa shape index (κ2) is 11.6. The number of carbonyl (C=O) groups is 3. The molecule has 4 aliphatic heterocycles. The first kappa shape index (κ1) is 29.7. The number of anilines is 2. The third kappa shape index (κ3) is 4.83. The number of benzene rings is 2. The van der Waals surface area contributed by atoms with Crippen molar-refractivity contribution in [3.8, 4) is 0 Å². The lowest BCUT2D eigenvalue weighted by molar-refractivity contribution is -0.139. The molecule has 2 aromatic rings. The van der Waals surface area contributed by atoms with Crippen LogP contribution in [0.15, 0.2) is 72.8 Å². The Balaban J connectivity index is 1.44. The van der Waals surface area contributed by atoms with E-state index in [9.17, 15) is 19.5 Å². The third-order valence-corrected chi connectivity index (χ3v) is 11.4. The van der Waals surface area contributed by atoms with Gasteiger partial charge in [-0.3, -0.25) is 14.4 Å². The van der Waals surface area contributed by atoms with E-state index in [0.717, 1.165) is 48.2 Å². The van der Waals surface area contributed by atoms with Crippen molar-refractivity contribution < 1.29 is 19.5 Å². The fourth-order valence-corrected chi connectivity index (χ4v) is 9.94. The van der Waals surface area contributed by atoms with Gasteiger partial charge in [0, 0.05) is 42.4 Å². The number of carbonyl (C=O) groups excluding carboxylic acids is 3. The maximum Gasteiger partial charge on any atom is 0.251 e. The molecule has 2 aromatic carbocycles. The van der Waals surface area contributed by atoms with Gasteiger partial charge < -0.3 is 19.8 Å². The van der Waals surface area contributed by atoms with Crippen LogP contribution in [0.4, 0.5) is 11.4 Å². The molecule has 8 heteroatoms. The molecule has 0 radical (unpaired) electrons. The Labute approximate surface area is 258 Å². The van der Waals surface area contributed by atoms with Gasteiger partial charge in [-0.05, 0) is 56.9 Å². The summed E-state index contributed by atoms with van der Waals surface area (Å²) in [4.78, 5) is 49.5. The first-order valence-corrected chi connectivity index (χ1v) is 16.3. The molecule has 0 aliphatic carbocycles. The summed E-state index contributed by atoms with van der Waals surface area (Å²) in [6, 6.07) is 15.0. The lowest BCUT2D eigenvalue weighted by Gasteiger charge is -2.37. The first-order valence-electron chi connectivity index (χ1n) is 15.4. The molecule has 4 heterocycles. The Morgan fingerprint density at radius 3 is 2.19 bits per heavy atom. The van der Waals surface area contributed by atoms with Crippen LogP contribution in [0.25, 0.3) is 0 Å². The maximum absolute atomic E-state index is 14.8. The molecule has 0 bridgehead atoms. The molecule has 1 N–H and O–H groups in total. The second-order valence-electron chi connectivity index (χ2n) is 12.4. The summed E-state index contributed by atoms with van der Waals surface area (Å²) in [5, 5.41) is 9.25. The summed E-state index contributed by atoms with van der Waals surface area (Å²) in [5.41, 5.74) is 3.73. The van der Waals surface area contributed by atoms with E-state index in [1.165, 1.54) is 0 Å². The van der Waals surface area contributed by atoms with E-state index in [1.807, 2.05) is 79.4 Å². The van der Waals surface area contributed by atoms with E-state index >= 15 is 0 Å². The predicted octanol–water partition coefficient (Wildman–Crippen LogP) is 5.05. The smallest absolute Gasteiger partial charge is 0.251 e. The Morgan fingerprint density at radius 1 is 0.791 bits per heavy atom. The Hall–Kier alpha value is -3.36. The number of fused-ring (bicyclic) bond motifs is 2. The first-order chi connectivity index (χ1) is 20.7. The van der Waals surface area contributed by atoms with Crippen LogP contribution in [-0.4, -0.2) is 69.5 Å². The second-order valence-corrected chi connectivity index (χ2v) is 14.2. The molecule has 6 rings (SSSR count). The topological polar surface area (TPSA) is 81.2 Å². The van der Waals surface area contributed by atoms with Gasteiger partial charge in [-0.1, -0.05) is 73.5 Å². The van der Waals surface area contributed by atoms with Crippen LogP contribution < -0.4 is 9.80 Å². The highest BCUT2D eigenvalue weighted by Gasteiger charge is 2.74. The van der Waals surface area contributed by atoms with Crippen molar-refractivity contribution in [1.29, 1.82) is 0 Å². The quantitative estimate of drug-likeness (QED) is 0.339. The summed E-state index contributed by atoms with van der Waals surface area (Å²) in [6.07, 6.45) is 11.5. The number of likely N-dealkylation sites (tertiary alicyclic amines) is 1. The van der Waals surface area contributed by atoms with Crippen molar-refractivity contribution in [3.63, 3.8) is 0 Å². The number of unbranched alkanes of at least 4 members (excludes halogenated alkanes) is 3. The molecule has 4 aliphatic rings. The highest BCUT2D eigenvalue weighted by Crippen LogP contribution is 2.65. The van der Waals surface area contributed by atoms with Crippen LogP contribution in [0, 0.1) is 25.7 Å². The van der Waals surface area contributed by atoms with E-state index in [0.29, 0.717) is 19.6 Å². The van der Waals surface area contributed by atoms with Gasteiger partial charge in [0.05, 0.1) is 16.6 Å². The predicted molar refractivity (Wildman–Crippen MR) is 172 cm³/mol. The summed E-state index contributed by atoms with van der Waals surface area (Å²) in [7, 11) is 0. The number of para-hydroxylation sites is 2. The fraction of sp³-hybridized carbons (Fsp3) is 0.457. The van der Waals surface area contributed by atoms with Crippen LogP contribution in [0.2, 0.25) is 0 Å².